The molecule has 4 heteroatoms. The smallest absolute Gasteiger partial charge is 0.211 e. The van der Waals surface area contributed by atoms with E-state index >= 15 is 0 Å². The highest BCUT2D eigenvalue weighted by molar-refractivity contribution is 5.43. The molecule has 0 unspecified atom stereocenters. The van der Waals surface area contributed by atoms with E-state index < -0.39 is 17.2 Å². The molecule has 1 fully saturated rings. The van der Waals surface area contributed by atoms with E-state index in [0.29, 0.717) is 24.0 Å². The molecular formula is C13H13F2NO. The van der Waals surface area contributed by atoms with Crippen molar-refractivity contribution in [3.63, 3.8) is 0 Å². The van der Waals surface area contributed by atoms with Crippen molar-refractivity contribution in [2.75, 3.05) is 0 Å². The molecule has 0 atom stereocenters. The molecular weight excluding hydrogens is 224 g/mol. The molecule has 0 aromatic heterocycles. The molecule has 1 aliphatic carbocycles. The minimum absolute atomic E-state index is 0.0367. The molecule has 2 nitrogen and oxygen atoms in total. The molecule has 0 saturated heterocycles. The summed E-state index contributed by atoms with van der Waals surface area (Å²) in [5.41, 5.74) is -0.0249. The van der Waals surface area contributed by atoms with Crippen LogP contribution in [0.2, 0.25) is 0 Å². The Morgan fingerprint density at radius 2 is 1.94 bits per heavy atom. The van der Waals surface area contributed by atoms with Gasteiger partial charge >= 0.3 is 0 Å². The lowest BCUT2D eigenvalue weighted by Gasteiger charge is -2.14. The molecule has 0 N–H and O–H groups in total. The Hall–Kier alpha value is -1.54. The summed E-state index contributed by atoms with van der Waals surface area (Å²) >= 11 is 0. The summed E-state index contributed by atoms with van der Waals surface area (Å²) in [6, 6.07) is 2.37. The number of rotatable bonds is 3. The fraction of sp³-hybridized carbons (Fsp3) is 0.462. The molecule has 2 rings (SSSR count). The fourth-order valence-electron chi connectivity index (χ4n) is 2.01. The second-order valence-corrected chi connectivity index (χ2v) is 4.74. The van der Waals surface area contributed by atoms with E-state index in [-0.39, 0.29) is 5.92 Å². The van der Waals surface area contributed by atoms with Gasteiger partial charge in [0.05, 0.1) is 0 Å². The summed E-state index contributed by atoms with van der Waals surface area (Å²) in [6.45, 7) is 3.67. The first-order valence-corrected chi connectivity index (χ1v) is 5.58. The fourth-order valence-corrected chi connectivity index (χ4v) is 2.01. The summed E-state index contributed by atoms with van der Waals surface area (Å²) in [5.74, 6) is -1.22. The molecule has 1 saturated carbocycles. The van der Waals surface area contributed by atoms with E-state index in [1.165, 1.54) is 12.1 Å². The summed E-state index contributed by atoms with van der Waals surface area (Å²) < 4.78 is 27.3. The monoisotopic (exact) mass is 237 g/mol. The van der Waals surface area contributed by atoms with Gasteiger partial charge in [0, 0.05) is 11.6 Å². The molecule has 1 aromatic rings. The number of nitrogens with zero attached hydrogens (tertiary/aromatic N) is 1. The summed E-state index contributed by atoms with van der Waals surface area (Å²) in [5, 5.41) is 0. The largest absolute Gasteiger partial charge is 0.235 e. The summed E-state index contributed by atoms with van der Waals surface area (Å²) in [4.78, 5) is 14.0. The van der Waals surface area contributed by atoms with Crippen molar-refractivity contribution >= 4 is 6.08 Å². The van der Waals surface area contributed by atoms with Gasteiger partial charge in [0.2, 0.25) is 6.08 Å². The standard InChI is InChI=1S/C13H13F2NO/c1-8(2)9-5-10(12(15)6-11(9)14)13(3-4-13)16-7-17/h5-6,8H,3-4H2,1-2H3. The second kappa shape index (κ2) is 4.04. The van der Waals surface area contributed by atoms with Gasteiger partial charge in [0.1, 0.15) is 17.2 Å². The van der Waals surface area contributed by atoms with Crippen molar-refractivity contribution in [3.8, 4) is 0 Å². The Bertz CT molecular complexity index is 500. The minimum atomic E-state index is -0.789. The number of benzene rings is 1. The van der Waals surface area contributed by atoms with Crippen LogP contribution in [-0.2, 0) is 10.3 Å². The van der Waals surface area contributed by atoms with Gasteiger partial charge in [-0.05, 0) is 30.4 Å². The Morgan fingerprint density at radius 3 is 2.41 bits per heavy atom. The Balaban J connectivity index is 2.55. The molecule has 1 aliphatic rings. The number of halogens is 2. The van der Waals surface area contributed by atoms with Crippen LogP contribution >= 0.6 is 0 Å². The zero-order valence-electron chi connectivity index (χ0n) is 9.76. The van der Waals surface area contributed by atoms with Crippen molar-refractivity contribution in [2.45, 2.75) is 38.1 Å². The molecule has 90 valence electrons. The number of isocyanates is 1. The van der Waals surface area contributed by atoms with Crippen molar-refractivity contribution < 1.29 is 13.6 Å². The first kappa shape index (κ1) is 11.9. The van der Waals surface area contributed by atoms with Crippen LogP contribution in [-0.4, -0.2) is 6.08 Å². The molecule has 0 bridgehead atoms. The van der Waals surface area contributed by atoms with Crippen LogP contribution in [0.25, 0.3) is 0 Å². The maximum Gasteiger partial charge on any atom is 0.235 e. The zero-order chi connectivity index (χ0) is 12.6. The van der Waals surface area contributed by atoms with Crippen LogP contribution in [0.15, 0.2) is 17.1 Å². The first-order chi connectivity index (χ1) is 8.00. The average molecular weight is 237 g/mol. The number of hydrogen-bond acceptors (Lipinski definition) is 2. The van der Waals surface area contributed by atoms with Gasteiger partial charge in [-0.2, -0.15) is 4.99 Å². The van der Waals surface area contributed by atoms with E-state index in [1.807, 2.05) is 13.8 Å². The third kappa shape index (κ3) is 2.01. The van der Waals surface area contributed by atoms with Gasteiger partial charge in [-0.1, -0.05) is 13.8 Å². The quantitative estimate of drug-likeness (QED) is 0.585. The van der Waals surface area contributed by atoms with Gasteiger partial charge in [0.25, 0.3) is 0 Å². The normalized spacial score (nSPS) is 16.8. The Kier molecular flexibility index (Phi) is 2.84. The number of hydrogen-bond donors (Lipinski definition) is 0. The molecule has 0 amide bonds. The maximum absolute atomic E-state index is 13.7. The highest BCUT2D eigenvalue weighted by atomic mass is 19.1. The topological polar surface area (TPSA) is 29.4 Å². The first-order valence-electron chi connectivity index (χ1n) is 5.58. The van der Waals surface area contributed by atoms with Crippen LogP contribution in [0.5, 0.6) is 0 Å². The van der Waals surface area contributed by atoms with E-state index in [4.69, 9.17) is 0 Å². The highest BCUT2D eigenvalue weighted by Crippen LogP contribution is 2.50. The van der Waals surface area contributed by atoms with E-state index in [9.17, 15) is 13.6 Å². The zero-order valence-corrected chi connectivity index (χ0v) is 9.76. The van der Waals surface area contributed by atoms with Gasteiger partial charge in [-0.15, -0.1) is 0 Å². The predicted molar refractivity (Wildman–Crippen MR) is 59.5 cm³/mol. The second-order valence-electron chi connectivity index (χ2n) is 4.74. The molecule has 1 aromatic carbocycles. The van der Waals surface area contributed by atoms with Crippen molar-refractivity contribution in [1.82, 2.24) is 0 Å². The maximum atomic E-state index is 13.7. The van der Waals surface area contributed by atoms with Crippen LogP contribution in [0.1, 0.15) is 43.7 Å². The summed E-state index contributed by atoms with van der Waals surface area (Å²) in [6.07, 6.45) is 2.70. The third-order valence-electron chi connectivity index (χ3n) is 3.19. The molecule has 0 spiro atoms. The predicted octanol–water partition coefficient (Wildman–Crippen LogP) is 3.41. The van der Waals surface area contributed by atoms with Crippen molar-refractivity contribution in [3.05, 3.63) is 34.9 Å². The van der Waals surface area contributed by atoms with Crippen LogP contribution < -0.4 is 0 Å². The van der Waals surface area contributed by atoms with Gasteiger partial charge in [-0.3, -0.25) is 0 Å². The molecule has 17 heavy (non-hydrogen) atoms. The molecule has 0 radical (unpaired) electrons. The van der Waals surface area contributed by atoms with Crippen LogP contribution in [0.4, 0.5) is 8.78 Å². The highest BCUT2D eigenvalue weighted by Gasteiger charge is 2.47. The van der Waals surface area contributed by atoms with Crippen LogP contribution in [0, 0.1) is 11.6 Å². The lowest BCUT2D eigenvalue weighted by atomic mass is 9.95. The van der Waals surface area contributed by atoms with Gasteiger partial charge in [-0.25, -0.2) is 13.6 Å². The molecule has 0 heterocycles. The Morgan fingerprint density at radius 1 is 1.29 bits per heavy atom. The Labute approximate surface area is 98.4 Å². The number of aliphatic imine (C=N–C) groups is 1. The third-order valence-corrected chi connectivity index (χ3v) is 3.19. The van der Waals surface area contributed by atoms with E-state index in [1.54, 1.807) is 0 Å². The van der Waals surface area contributed by atoms with Crippen molar-refractivity contribution in [2.24, 2.45) is 4.99 Å². The van der Waals surface area contributed by atoms with Gasteiger partial charge < -0.3 is 0 Å². The van der Waals surface area contributed by atoms with E-state index in [0.717, 1.165) is 6.07 Å². The summed E-state index contributed by atoms with van der Waals surface area (Å²) in [7, 11) is 0. The lowest BCUT2D eigenvalue weighted by Crippen LogP contribution is -2.08. The number of carbonyl (C=O) groups excluding carboxylic acids is 1. The van der Waals surface area contributed by atoms with Crippen LogP contribution in [0.3, 0.4) is 0 Å². The molecule has 0 aliphatic heterocycles. The average Bonchev–Trinajstić information content (AvgIpc) is 2.98. The van der Waals surface area contributed by atoms with E-state index in [2.05, 4.69) is 4.99 Å². The van der Waals surface area contributed by atoms with Crippen molar-refractivity contribution in [1.29, 1.82) is 0 Å². The lowest BCUT2D eigenvalue weighted by molar-refractivity contribution is 0.532. The SMILES string of the molecule is CC(C)c1cc(C2(N=C=O)CC2)c(F)cc1F. The van der Waals surface area contributed by atoms with Gasteiger partial charge in [0.15, 0.2) is 0 Å². The minimum Gasteiger partial charge on any atom is -0.211 e.